The van der Waals surface area contributed by atoms with Crippen molar-refractivity contribution in [3.63, 3.8) is 0 Å². The van der Waals surface area contributed by atoms with Crippen molar-refractivity contribution < 1.29 is 22.7 Å². The molecule has 2 heterocycles. The Balaban J connectivity index is 1.63. The van der Waals surface area contributed by atoms with Gasteiger partial charge in [0, 0.05) is 11.1 Å². The Labute approximate surface area is 212 Å². The van der Waals surface area contributed by atoms with Gasteiger partial charge < -0.3 is 10.4 Å². The zero-order chi connectivity index (χ0) is 25.9. The lowest BCUT2D eigenvalue weighted by molar-refractivity contribution is -0.143. The lowest BCUT2D eigenvalue weighted by atomic mass is 9.97. The number of carboxylic acids is 1. The number of benzene rings is 2. The van der Waals surface area contributed by atoms with E-state index in [1.54, 1.807) is 12.1 Å². The van der Waals surface area contributed by atoms with Crippen molar-refractivity contribution in [1.29, 1.82) is 0 Å². The van der Waals surface area contributed by atoms with Crippen LogP contribution < -0.4 is 10.0 Å². The number of sulfonamides is 1. The molecule has 9 nitrogen and oxygen atoms in total. The van der Waals surface area contributed by atoms with Gasteiger partial charge in [-0.25, -0.2) is 22.8 Å². The number of halogens is 2. The van der Waals surface area contributed by atoms with Gasteiger partial charge in [-0.15, -0.1) is 0 Å². The maximum atomic E-state index is 13.5. The van der Waals surface area contributed by atoms with E-state index >= 15 is 0 Å². The summed E-state index contributed by atoms with van der Waals surface area (Å²) >= 11 is 5.87. The molecule has 0 unspecified atom stereocenters. The molecule has 1 saturated heterocycles. The number of piperidine rings is 1. The summed E-state index contributed by atoms with van der Waals surface area (Å²) in [5, 5.41) is 12.7. The zero-order valence-electron chi connectivity index (χ0n) is 19.3. The number of fused-ring (bicyclic) bond motifs is 1. The normalized spacial score (nSPS) is 14.8. The second kappa shape index (κ2) is 10.7. The van der Waals surface area contributed by atoms with Gasteiger partial charge >= 0.3 is 5.97 Å². The topological polar surface area (TPSA) is 125 Å². The van der Waals surface area contributed by atoms with Crippen LogP contribution in [0.5, 0.6) is 0 Å². The Morgan fingerprint density at radius 2 is 2.00 bits per heavy atom. The second-order valence-electron chi connectivity index (χ2n) is 8.46. The number of nitrogens with zero attached hydrogens (tertiary/aromatic N) is 3. The molecule has 1 aliphatic heterocycles. The Kier molecular flexibility index (Phi) is 7.59. The lowest BCUT2D eigenvalue weighted by Gasteiger charge is -2.28. The predicted molar refractivity (Wildman–Crippen MR) is 136 cm³/mol. The minimum Gasteiger partial charge on any atom is -0.481 e. The van der Waals surface area contributed by atoms with Gasteiger partial charge in [0.05, 0.1) is 40.5 Å². The van der Waals surface area contributed by atoms with Crippen LogP contribution in [-0.4, -0.2) is 60.3 Å². The maximum absolute atomic E-state index is 13.5. The Morgan fingerprint density at radius 1 is 1.25 bits per heavy atom. The van der Waals surface area contributed by atoms with Crippen molar-refractivity contribution in [2.45, 2.75) is 12.8 Å². The zero-order valence-corrected chi connectivity index (χ0v) is 20.8. The maximum Gasteiger partial charge on any atom is 0.306 e. The van der Waals surface area contributed by atoms with Crippen LogP contribution in [-0.2, 0) is 14.8 Å². The number of rotatable bonds is 6. The number of aliphatic carboxylic acids is 1. The van der Waals surface area contributed by atoms with Crippen molar-refractivity contribution in [2.24, 2.45) is 5.92 Å². The van der Waals surface area contributed by atoms with Crippen LogP contribution in [0.25, 0.3) is 10.9 Å². The molecular weight excluding hydrogens is 509 g/mol. The molecule has 12 heteroatoms. The highest BCUT2D eigenvalue weighted by Gasteiger charge is 2.23. The fourth-order valence-electron chi connectivity index (χ4n) is 3.89. The molecule has 3 N–H and O–H groups in total. The fourth-order valence-corrected chi connectivity index (χ4v) is 4.63. The fraction of sp³-hybridized carbons (Fsp3) is 0.292. The molecule has 0 saturated carbocycles. The van der Waals surface area contributed by atoms with Gasteiger partial charge in [0.15, 0.2) is 0 Å². The Bertz CT molecular complexity index is 1480. The molecule has 1 aromatic heterocycles. The van der Waals surface area contributed by atoms with Crippen molar-refractivity contribution >= 4 is 55.7 Å². The molecular formula is C24H23ClFN5O4S. The summed E-state index contributed by atoms with van der Waals surface area (Å²) in [6.45, 7) is 1.69. The van der Waals surface area contributed by atoms with Gasteiger partial charge in [0.25, 0.3) is 0 Å². The molecule has 1 aliphatic rings. The molecule has 1 fully saturated rings. The van der Waals surface area contributed by atoms with Gasteiger partial charge in [-0.3, -0.25) is 14.4 Å². The number of carbonyl (C=O) groups is 1. The van der Waals surface area contributed by atoms with Crippen LogP contribution >= 0.6 is 11.6 Å². The first-order valence-electron chi connectivity index (χ1n) is 11.0. The highest BCUT2D eigenvalue weighted by Crippen LogP contribution is 2.30. The summed E-state index contributed by atoms with van der Waals surface area (Å²) in [5.74, 6) is 4.80. The van der Waals surface area contributed by atoms with Gasteiger partial charge in [0.1, 0.15) is 18.0 Å². The predicted octanol–water partition coefficient (Wildman–Crippen LogP) is 3.69. The van der Waals surface area contributed by atoms with Crippen LogP contribution in [0.1, 0.15) is 18.4 Å². The minimum absolute atomic E-state index is 0.0532. The highest BCUT2D eigenvalue weighted by molar-refractivity contribution is 7.92. The summed E-state index contributed by atoms with van der Waals surface area (Å²) in [7, 11) is -3.61. The minimum atomic E-state index is -3.61. The quantitative estimate of drug-likeness (QED) is 0.411. The average molecular weight is 532 g/mol. The number of anilines is 3. The first-order chi connectivity index (χ1) is 17.1. The summed E-state index contributed by atoms with van der Waals surface area (Å²) in [6, 6.07) is 7.40. The summed E-state index contributed by atoms with van der Waals surface area (Å²) in [6.07, 6.45) is 3.53. The molecule has 0 amide bonds. The second-order valence-corrected chi connectivity index (χ2v) is 10.6. The molecule has 0 aliphatic carbocycles. The van der Waals surface area contributed by atoms with E-state index in [2.05, 4.69) is 36.7 Å². The Hall–Kier alpha value is -3.46. The van der Waals surface area contributed by atoms with Crippen LogP contribution in [0.2, 0.25) is 5.02 Å². The Morgan fingerprint density at radius 3 is 2.67 bits per heavy atom. The first-order valence-corrected chi connectivity index (χ1v) is 13.3. The van der Waals surface area contributed by atoms with Crippen molar-refractivity contribution in [3.05, 3.63) is 53.1 Å². The third kappa shape index (κ3) is 6.40. The summed E-state index contributed by atoms with van der Waals surface area (Å²) in [4.78, 5) is 21.7. The molecule has 0 radical (unpaired) electrons. The number of carboxylic acid groups (broad SMARTS) is 1. The van der Waals surface area contributed by atoms with E-state index in [1.807, 2.05) is 0 Å². The van der Waals surface area contributed by atoms with Crippen LogP contribution in [0.3, 0.4) is 0 Å². The molecule has 0 bridgehead atoms. The van der Waals surface area contributed by atoms with E-state index in [0.717, 1.165) is 6.26 Å². The molecule has 36 heavy (non-hydrogen) atoms. The van der Waals surface area contributed by atoms with E-state index in [0.29, 0.717) is 60.4 Å². The van der Waals surface area contributed by atoms with E-state index in [9.17, 15) is 17.6 Å². The number of aromatic nitrogens is 2. The summed E-state index contributed by atoms with van der Waals surface area (Å²) < 4.78 is 40.1. The largest absolute Gasteiger partial charge is 0.481 e. The third-order valence-electron chi connectivity index (χ3n) is 5.71. The lowest BCUT2D eigenvalue weighted by Crippen LogP contribution is -2.36. The standard InChI is InChI=1S/C24H23ClFN5O4S/c1-36(34,35)30-21-13-18-22(27-14-28-23(18)29-17-4-5-20(26)19(25)12-17)11-16(21)3-2-8-31-9-6-15(7-10-31)24(32)33/h4-5,11-15,30H,6-10H2,1H3,(H,32,33)(H,27,28,29). The highest BCUT2D eigenvalue weighted by atomic mass is 35.5. The molecule has 2 aromatic carbocycles. The van der Waals surface area contributed by atoms with Gasteiger partial charge in [0.2, 0.25) is 10.0 Å². The SMILES string of the molecule is CS(=O)(=O)Nc1cc2c(Nc3ccc(F)c(Cl)c3)ncnc2cc1C#CCN1CCC(C(=O)O)CC1. The first kappa shape index (κ1) is 25.6. The van der Waals surface area contributed by atoms with Gasteiger partial charge in [-0.2, -0.15) is 0 Å². The van der Waals surface area contributed by atoms with Crippen LogP contribution in [0.4, 0.5) is 21.6 Å². The van der Waals surface area contributed by atoms with Crippen molar-refractivity contribution in [2.75, 3.05) is 35.9 Å². The smallest absolute Gasteiger partial charge is 0.306 e. The number of nitrogens with one attached hydrogen (secondary N) is 2. The molecule has 4 rings (SSSR count). The molecule has 188 valence electrons. The molecule has 0 atom stereocenters. The summed E-state index contributed by atoms with van der Waals surface area (Å²) in [5.41, 5.74) is 1.71. The van der Waals surface area contributed by atoms with Gasteiger partial charge in [-0.05, 0) is 56.3 Å². The van der Waals surface area contributed by atoms with E-state index in [1.165, 1.54) is 24.5 Å². The number of likely N-dealkylation sites (tertiary alicyclic amines) is 1. The van der Waals surface area contributed by atoms with Crippen molar-refractivity contribution in [3.8, 4) is 11.8 Å². The van der Waals surface area contributed by atoms with Crippen LogP contribution in [0, 0.1) is 23.6 Å². The number of hydrogen-bond donors (Lipinski definition) is 3. The van der Waals surface area contributed by atoms with E-state index in [4.69, 9.17) is 16.7 Å². The van der Waals surface area contributed by atoms with E-state index < -0.39 is 21.8 Å². The monoisotopic (exact) mass is 531 g/mol. The van der Waals surface area contributed by atoms with Gasteiger partial charge in [-0.1, -0.05) is 23.4 Å². The average Bonchev–Trinajstić information content (AvgIpc) is 2.81. The van der Waals surface area contributed by atoms with Crippen LogP contribution in [0.15, 0.2) is 36.7 Å². The molecule has 0 spiro atoms. The molecule has 3 aromatic rings. The number of hydrogen-bond acceptors (Lipinski definition) is 7. The van der Waals surface area contributed by atoms with E-state index in [-0.39, 0.29) is 16.6 Å². The van der Waals surface area contributed by atoms with Crippen molar-refractivity contribution in [1.82, 2.24) is 14.9 Å². The third-order valence-corrected chi connectivity index (χ3v) is 6.60.